The summed E-state index contributed by atoms with van der Waals surface area (Å²) in [5.74, 6) is 0.932. The summed E-state index contributed by atoms with van der Waals surface area (Å²) in [7, 11) is 0. The molecular formula is C13H18NNaO2S. The minimum Gasteiger partial charge on any atom is -0.548 e. The first-order valence-electron chi connectivity index (χ1n) is 5.77. The van der Waals surface area contributed by atoms with Gasteiger partial charge in [0.1, 0.15) is 0 Å². The van der Waals surface area contributed by atoms with E-state index in [2.05, 4.69) is 6.92 Å². The molecule has 0 bridgehead atoms. The summed E-state index contributed by atoms with van der Waals surface area (Å²) < 4.78 is 0. The fraction of sp³-hybridized carbons (Fsp3) is 0.462. The molecule has 0 aliphatic rings. The minimum atomic E-state index is -1.03. The molecule has 3 nitrogen and oxygen atoms in total. The molecule has 1 rings (SSSR count). The molecule has 1 aromatic rings. The van der Waals surface area contributed by atoms with Crippen LogP contribution in [0.1, 0.15) is 13.8 Å². The molecule has 0 aliphatic heterocycles. The predicted molar refractivity (Wildman–Crippen MR) is 71.3 cm³/mol. The molecule has 0 spiro atoms. The second-order valence-corrected chi connectivity index (χ2v) is 5.11. The van der Waals surface area contributed by atoms with Crippen LogP contribution in [0.4, 0.5) is 5.69 Å². The summed E-state index contributed by atoms with van der Waals surface area (Å²) >= 11 is 1.81. The summed E-state index contributed by atoms with van der Waals surface area (Å²) in [5, 5.41) is 11.0. The van der Waals surface area contributed by atoms with E-state index in [1.165, 1.54) is 0 Å². The van der Waals surface area contributed by atoms with Crippen molar-refractivity contribution in [3.05, 3.63) is 30.3 Å². The van der Waals surface area contributed by atoms with Gasteiger partial charge in [-0.15, -0.1) is 0 Å². The number of thioether (sulfide) groups is 1. The Morgan fingerprint density at radius 3 is 2.50 bits per heavy atom. The quantitative estimate of drug-likeness (QED) is 0.443. The van der Waals surface area contributed by atoms with Crippen molar-refractivity contribution < 1.29 is 39.5 Å². The molecule has 18 heavy (non-hydrogen) atoms. The molecule has 5 heteroatoms. The van der Waals surface area contributed by atoms with Gasteiger partial charge in [-0.3, -0.25) is 0 Å². The fourth-order valence-corrected chi connectivity index (χ4v) is 2.21. The first kappa shape index (κ1) is 17.8. The topological polar surface area (TPSA) is 43.4 Å². The largest absolute Gasteiger partial charge is 1.00 e. The van der Waals surface area contributed by atoms with Crippen LogP contribution in [0.5, 0.6) is 0 Å². The monoisotopic (exact) mass is 275 g/mol. The van der Waals surface area contributed by atoms with Crippen molar-refractivity contribution in [1.82, 2.24) is 0 Å². The van der Waals surface area contributed by atoms with Crippen LogP contribution in [0.3, 0.4) is 0 Å². The van der Waals surface area contributed by atoms with Gasteiger partial charge in [-0.1, -0.05) is 25.1 Å². The number of carbonyl (C=O) groups is 1. The number of anilines is 1. The third-order valence-electron chi connectivity index (χ3n) is 2.58. The summed E-state index contributed by atoms with van der Waals surface area (Å²) in [6, 6.07) is 9.00. The van der Waals surface area contributed by atoms with Crippen molar-refractivity contribution in [1.29, 1.82) is 0 Å². The molecule has 0 aromatic heterocycles. The van der Waals surface area contributed by atoms with Gasteiger partial charge >= 0.3 is 29.6 Å². The molecular weight excluding hydrogens is 257 g/mol. The number of carboxylic acid groups (broad SMARTS) is 1. The third kappa shape index (κ3) is 5.65. The van der Waals surface area contributed by atoms with Gasteiger partial charge in [0.2, 0.25) is 0 Å². The maximum Gasteiger partial charge on any atom is 1.00 e. The van der Waals surface area contributed by atoms with Crippen LogP contribution >= 0.6 is 11.8 Å². The number of hydrogen-bond acceptors (Lipinski definition) is 4. The number of rotatable bonds is 7. The van der Waals surface area contributed by atoms with Crippen LogP contribution in [0.2, 0.25) is 0 Å². The van der Waals surface area contributed by atoms with Crippen molar-refractivity contribution in [3.8, 4) is 0 Å². The Bertz CT molecular complexity index is 348. The van der Waals surface area contributed by atoms with E-state index >= 15 is 0 Å². The Balaban J connectivity index is 0.00000289. The van der Waals surface area contributed by atoms with Gasteiger partial charge in [0.15, 0.2) is 0 Å². The number of carboxylic acids is 1. The van der Waals surface area contributed by atoms with Gasteiger partial charge in [-0.25, -0.2) is 0 Å². The van der Waals surface area contributed by atoms with E-state index < -0.39 is 12.0 Å². The Kier molecular flexibility index (Phi) is 9.64. The summed E-state index contributed by atoms with van der Waals surface area (Å²) in [4.78, 5) is 12.9. The average molecular weight is 275 g/mol. The van der Waals surface area contributed by atoms with E-state index in [0.29, 0.717) is 0 Å². The summed E-state index contributed by atoms with van der Waals surface area (Å²) in [6.07, 6.45) is 0. The molecule has 0 amide bonds. The van der Waals surface area contributed by atoms with E-state index in [-0.39, 0.29) is 29.6 Å². The summed E-state index contributed by atoms with van der Waals surface area (Å²) in [5.41, 5.74) is 0.931. The van der Waals surface area contributed by atoms with Gasteiger partial charge in [0, 0.05) is 18.0 Å². The van der Waals surface area contributed by atoms with Crippen LogP contribution < -0.4 is 39.6 Å². The zero-order valence-corrected chi connectivity index (χ0v) is 14.1. The van der Waals surface area contributed by atoms with Crippen LogP contribution in [-0.2, 0) is 4.79 Å². The molecule has 1 atom stereocenters. The van der Waals surface area contributed by atoms with E-state index in [0.717, 1.165) is 23.7 Å². The maximum absolute atomic E-state index is 11.0. The van der Waals surface area contributed by atoms with Crippen molar-refractivity contribution in [2.75, 3.05) is 23.0 Å². The Morgan fingerprint density at radius 1 is 1.39 bits per heavy atom. The average Bonchev–Trinajstić information content (AvgIpc) is 2.35. The maximum atomic E-state index is 11.0. The van der Waals surface area contributed by atoms with Gasteiger partial charge in [-0.2, -0.15) is 11.8 Å². The molecule has 1 unspecified atom stereocenters. The number of hydrogen-bond donors (Lipinski definition) is 0. The number of benzene rings is 1. The standard InChI is InChI=1S/C13H19NO2S.Na/c1-3-17-10-9-14(11(2)13(15)16)12-7-5-4-6-8-12;/h4-8,11H,3,9-10H2,1-2H3,(H,15,16);/q;+1/p-1. The molecule has 0 aliphatic carbocycles. The van der Waals surface area contributed by atoms with Gasteiger partial charge in [0.25, 0.3) is 0 Å². The zero-order valence-electron chi connectivity index (χ0n) is 11.3. The smallest absolute Gasteiger partial charge is 0.548 e. The zero-order chi connectivity index (χ0) is 12.7. The molecule has 0 fully saturated rings. The second kappa shape index (κ2) is 9.73. The van der Waals surface area contributed by atoms with Crippen LogP contribution in [0, 0.1) is 0 Å². The van der Waals surface area contributed by atoms with E-state index in [1.807, 2.05) is 35.2 Å². The van der Waals surface area contributed by atoms with Crippen molar-refractivity contribution >= 4 is 23.4 Å². The third-order valence-corrected chi connectivity index (χ3v) is 3.46. The number of carbonyl (C=O) groups excluding carboxylic acids is 1. The minimum absolute atomic E-state index is 0. The van der Waals surface area contributed by atoms with E-state index in [9.17, 15) is 9.90 Å². The predicted octanol–water partition coefficient (Wildman–Crippen LogP) is -1.61. The van der Waals surface area contributed by atoms with Gasteiger partial charge < -0.3 is 14.8 Å². The Labute approximate surface area is 135 Å². The van der Waals surface area contributed by atoms with Crippen LogP contribution in [0.15, 0.2) is 30.3 Å². The number of aliphatic carboxylic acids is 1. The second-order valence-electron chi connectivity index (χ2n) is 3.72. The molecule has 0 N–H and O–H groups in total. The first-order valence-corrected chi connectivity index (χ1v) is 6.92. The molecule has 0 saturated carbocycles. The van der Waals surface area contributed by atoms with Crippen LogP contribution in [-0.4, -0.2) is 30.1 Å². The molecule has 0 heterocycles. The fourth-order valence-electron chi connectivity index (χ4n) is 1.60. The van der Waals surface area contributed by atoms with Crippen LogP contribution in [0.25, 0.3) is 0 Å². The molecule has 1 aromatic carbocycles. The normalized spacial score (nSPS) is 11.4. The Hall–Kier alpha value is -0.160. The van der Waals surface area contributed by atoms with Gasteiger partial charge in [0.05, 0.1) is 12.0 Å². The Morgan fingerprint density at radius 2 is 2.00 bits per heavy atom. The number of nitrogens with zero attached hydrogens (tertiary/aromatic N) is 1. The molecule has 94 valence electrons. The van der Waals surface area contributed by atoms with E-state index in [1.54, 1.807) is 18.7 Å². The number of para-hydroxylation sites is 1. The van der Waals surface area contributed by atoms with Crippen molar-refractivity contribution in [2.45, 2.75) is 19.9 Å². The molecule has 0 radical (unpaired) electrons. The SMILES string of the molecule is CCSCCN(c1ccccc1)C(C)C(=O)[O-].[Na+]. The molecule has 0 saturated heterocycles. The first-order chi connectivity index (χ1) is 8.16. The van der Waals surface area contributed by atoms with Gasteiger partial charge in [-0.05, 0) is 24.8 Å². The van der Waals surface area contributed by atoms with Crippen molar-refractivity contribution in [3.63, 3.8) is 0 Å². The summed E-state index contributed by atoms with van der Waals surface area (Å²) in [6.45, 7) is 4.48. The van der Waals surface area contributed by atoms with E-state index in [4.69, 9.17) is 0 Å². The van der Waals surface area contributed by atoms with Crippen molar-refractivity contribution in [2.24, 2.45) is 0 Å².